The van der Waals surface area contributed by atoms with Crippen LogP contribution in [0.2, 0.25) is 0 Å². The van der Waals surface area contributed by atoms with Gasteiger partial charge < -0.3 is 19.9 Å². The summed E-state index contributed by atoms with van der Waals surface area (Å²) in [4.78, 5) is 10.0. The number of ether oxygens (including phenoxy) is 2. The fourth-order valence-electron chi connectivity index (χ4n) is 0.983. The second kappa shape index (κ2) is 5.55. The summed E-state index contributed by atoms with van der Waals surface area (Å²) in [5, 5.41) is 10.5. The molecule has 0 bridgehead atoms. The molecule has 1 atom stereocenters. The van der Waals surface area contributed by atoms with Crippen LogP contribution in [0.3, 0.4) is 0 Å². The molecule has 2 N–H and O–H groups in total. The molecular weight excluding hydrogens is 174 g/mol. The second-order valence-corrected chi connectivity index (χ2v) is 2.60. The van der Waals surface area contributed by atoms with Crippen LogP contribution in [0.15, 0.2) is 12.2 Å². The largest absolute Gasteiger partial charge is 0.465 e. The standard InChI is InChI=1S/C8H13NO4/c10-8(11)9-3-1-2-7-6-12-4-5-13-7/h1-2,7,9H,3-6H2,(H,10,11). The second-order valence-electron chi connectivity index (χ2n) is 2.60. The van der Waals surface area contributed by atoms with Crippen LogP contribution in [0, 0.1) is 0 Å². The van der Waals surface area contributed by atoms with Gasteiger partial charge in [-0.05, 0) is 0 Å². The van der Waals surface area contributed by atoms with Crippen LogP contribution in [-0.4, -0.2) is 43.7 Å². The Morgan fingerprint density at radius 3 is 3.08 bits per heavy atom. The lowest BCUT2D eigenvalue weighted by molar-refractivity contribution is -0.0676. The van der Waals surface area contributed by atoms with E-state index in [0.717, 1.165) is 0 Å². The van der Waals surface area contributed by atoms with Crippen molar-refractivity contribution in [1.29, 1.82) is 0 Å². The Morgan fingerprint density at radius 2 is 2.46 bits per heavy atom. The van der Waals surface area contributed by atoms with Gasteiger partial charge >= 0.3 is 6.09 Å². The molecule has 1 fully saturated rings. The molecule has 0 aromatic rings. The highest BCUT2D eigenvalue weighted by Crippen LogP contribution is 2.01. The number of hydrogen-bond donors (Lipinski definition) is 2. The summed E-state index contributed by atoms with van der Waals surface area (Å²) in [5.41, 5.74) is 0. The molecule has 0 spiro atoms. The summed E-state index contributed by atoms with van der Waals surface area (Å²) >= 11 is 0. The predicted molar refractivity (Wildman–Crippen MR) is 45.7 cm³/mol. The van der Waals surface area contributed by atoms with Gasteiger partial charge in [-0.25, -0.2) is 4.79 Å². The smallest absolute Gasteiger partial charge is 0.404 e. The zero-order chi connectivity index (χ0) is 9.52. The quantitative estimate of drug-likeness (QED) is 0.620. The highest BCUT2D eigenvalue weighted by Gasteiger charge is 2.09. The Balaban J connectivity index is 2.11. The van der Waals surface area contributed by atoms with Crippen molar-refractivity contribution in [1.82, 2.24) is 5.32 Å². The fourth-order valence-corrected chi connectivity index (χ4v) is 0.983. The van der Waals surface area contributed by atoms with Crippen molar-refractivity contribution < 1.29 is 19.4 Å². The molecule has 74 valence electrons. The molecule has 13 heavy (non-hydrogen) atoms. The van der Waals surface area contributed by atoms with Crippen LogP contribution >= 0.6 is 0 Å². The van der Waals surface area contributed by atoms with Gasteiger partial charge in [0.1, 0.15) is 0 Å². The average molecular weight is 187 g/mol. The molecular formula is C8H13NO4. The van der Waals surface area contributed by atoms with Crippen molar-refractivity contribution in [2.24, 2.45) is 0 Å². The number of carbonyl (C=O) groups is 1. The van der Waals surface area contributed by atoms with E-state index in [1.54, 1.807) is 12.2 Å². The molecule has 1 saturated heterocycles. The van der Waals surface area contributed by atoms with Crippen LogP contribution in [0.25, 0.3) is 0 Å². The van der Waals surface area contributed by atoms with Crippen molar-refractivity contribution in [3.8, 4) is 0 Å². The van der Waals surface area contributed by atoms with E-state index in [9.17, 15) is 4.79 Å². The van der Waals surface area contributed by atoms with Gasteiger partial charge in [-0.1, -0.05) is 12.2 Å². The lowest BCUT2D eigenvalue weighted by atomic mass is 10.3. The van der Waals surface area contributed by atoms with E-state index in [4.69, 9.17) is 14.6 Å². The van der Waals surface area contributed by atoms with Crippen LogP contribution < -0.4 is 5.32 Å². The topological polar surface area (TPSA) is 67.8 Å². The minimum absolute atomic E-state index is 0.0376. The van der Waals surface area contributed by atoms with E-state index in [0.29, 0.717) is 26.4 Å². The Bertz CT molecular complexity index is 187. The first-order valence-electron chi connectivity index (χ1n) is 4.12. The van der Waals surface area contributed by atoms with Crippen molar-refractivity contribution in [2.45, 2.75) is 6.10 Å². The highest BCUT2D eigenvalue weighted by molar-refractivity contribution is 5.64. The maximum atomic E-state index is 10.0. The van der Waals surface area contributed by atoms with Gasteiger partial charge in [0, 0.05) is 6.54 Å². The number of carboxylic acid groups (broad SMARTS) is 1. The Labute approximate surface area is 76.3 Å². The maximum absolute atomic E-state index is 10.0. The zero-order valence-corrected chi connectivity index (χ0v) is 7.23. The molecule has 1 rings (SSSR count). The molecule has 1 unspecified atom stereocenters. The van der Waals surface area contributed by atoms with Crippen LogP contribution in [0.1, 0.15) is 0 Å². The zero-order valence-electron chi connectivity index (χ0n) is 7.23. The first-order chi connectivity index (χ1) is 6.29. The molecule has 1 amide bonds. The van der Waals surface area contributed by atoms with Gasteiger partial charge in [0.05, 0.1) is 25.9 Å². The van der Waals surface area contributed by atoms with E-state index in [1.165, 1.54) is 0 Å². The summed E-state index contributed by atoms with van der Waals surface area (Å²) in [7, 11) is 0. The molecule has 1 heterocycles. The maximum Gasteiger partial charge on any atom is 0.404 e. The lowest BCUT2D eigenvalue weighted by Crippen LogP contribution is -2.27. The predicted octanol–water partition coefficient (Wildman–Crippen LogP) is 0.226. The van der Waals surface area contributed by atoms with Crippen molar-refractivity contribution in [3.05, 3.63) is 12.2 Å². The molecule has 0 aromatic heterocycles. The Kier molecular flexibility index (Phi) is 4.28. The molecule has 5 heteroatoms. The van der Waals surface area contributed by atoms with Crippen molar-refractivity contribution in [3.63, 3.8) is 0 Å². The summed E-state index contributed by atoms with van der Waals surface area (Å²) in [6.45, 7) is 2.08. The van der Waals surface area contributed by atoms with Crippen molar-refractivity contribution in [2.75, 3.05) is 26.4 Å². The fraction of sp³-hybridized carbons (Fsp3) is 0.625. The normalized spacial score (nSPS) is 23.2. The van der Waals surface area contributed by atoms with E-state index >= 15 is 0 Å². The Morgan fingerprint density at radius 1 is 1.62 bits per heavy atom. The van der Waals surface area contributed by atoms with Crippen LogP contribution in [-0.2, 0) is 9.47 Å². The summed E-state index contributed by atoms with van der Waals surface area (Å²) in [6.07, 6.45) is 2.46. The summed E-state index contributed by atoms with van der Waals surface area (Å²) in [6, 6.07) is 0. The molecule has 0 saturated carbocycles. The average Bonchev–Trinajstić information content (AvgIpc) is 2.14. The van der Waals surface area contributed by atoms with E-state index < -0.39 is 6.09 Å². The minimum Gasteiger partial charge on any atom is -0.465 e. The monoisotopic (exact) mass is 187 g/mol. The SMILES string of the molecule is O=C(O)NCC=CC1COCCO1. The minimum atomic E-state index is -1.02. The van der Waals surface area contributed by atoms with E-state index in [-0.39, 0.29) is 6.10 Å². The number of nitrogens with one attached hydrogen (secondary N) is 1. The van der Waals surface area contributed by atoms with Crippen LogP contribution in [0.5, 0.6) is 0 Å². The van der Waals surface area contributed by atoms with Crippen molar-refractivity contribution >= 4 is 6.09 Å². The first-order valence-corrected chi connectivity index (χ1v) is 4.12. The number of rotatable bonds is 3. The highest BCUT2D eigenvalue weighted by atomic mass is 16.6. The van der Waals surface area contributed by atoms with E-state index in [2.05, 4.69) is 5.32 Å². The molecule has 5 nitrogen and oxygen atoms in total. The number of amides is 1. The lowest BCUT2D eigenvalue weighted by Gasteiger charge is -2.19. The summed E-state index contributed by atoms with van der Waals surface area (Å²) in [5.74, 6) is 0. The molecule has 1 aliphatic rings. The Hall–Kier alpha value is -1.07. The van der Waals surface area contributed by atoms with Gasteiger partial charge in [-0.3, -0.25) is 0 Å². The van der Waals surface area contributed by atoms with Gasteiger partial charge in [0.15, 0.2) is 0 Å². The van der Waals surface area contributed by atoms with Gasteiger partial charge in [0.25, 0.3) is 0 Å². The van der Waals surface area contributed by atoms with Gasteiger partial charge in [0.2, 0.25) is 0 Å². The molecule has 1 aliphatic heterocycles. The third-order valence-electron chi connectivity index (χ3n) is 1.56. The number of hydrogen-bond acceptors (Lipinski definition) is 3. The summed E-state index contributed by atoms with van der Waals surface area (Å²) < 4.78 is 10.4. The van der Waals surface area contributed by atoms with E-state index in [1.807, 2.05) is 0 Å². The first kappa shape index (κ1) is 10.0. The molecule has 0 aliphatic carbocycles. The van der Waals surface area contributed by atoms with Gasteiger partial charge in [-0.15, -0.1) is 0 Å². The third kappa shape index (κ3) is 4.49. The van der Waals surface area contributed by atoms with Crippen LogP contribution in [0.4, 0.5) is 4.79 Å². The third-order valence-corrected chi connectivity index (χ3v) is 1.56. The molecule has 0 radical (unpaired) electrons. The van der Waals surface area contributed by atoms with Gasteiger partial charge in [-0.2, -0.15) is 0 Å². The molecule has 0 aromatic carbocycles.